The van der Waals surface area contributed by atoms with E-state index < -0.39 is 28.9 Å². The molecule has 0 bridgehead atoms. The molecule has 0 radical (unpaired) electrons. The number of H-pyrrole nitrogens is 1. The highest BCUT2D eigenvalue weighted by molar-refractivity contribution is 9.10. The third kappa shape index (κ3) is 2.78. The summed E-state index contributed by atoms with van der Waals surface area (Å²) in [5, 5.41) is 2.94. The molecule has 1 aromatic carbocycles. The lowest BCUT2D eigenvalue weighted by Crippen LogP contribution is -2.45. The summed E-state index contributed by atoms with van der Waals surface area (Å²) in [5.41, 5.74) is -0.00946. The molecular formula is C18H16BrN3O5. The van der Waals surface area contributed by atoms with Gasteiger partial charge in [0.1, 0.15) is 11.4 Å². The van der Waals surface area contributed by atoms with E-state index in [1.54, 1.807) is 26.0 Å². The standard InChI is InChI=1S/C18H16BrN3O5/c1-18(2)26-15-12(16(24)27-18)10(8-4-6-9(19)7-5-8)11-13(20-15)22(3)17(25)21-14(11)23/h4-7,10,20H,1-3H3,(H,21,23,25). The van der Waals surface area contributed by atoms with Crippen molar-refractivity contribution in [3.63, 3.8) is 0 Å². The number of anilines is 1. The number of rotatable bonds is 1. The number of halogens is 1. The first-order chi connectivity index (χ1) is 12.7. The summed E-state index contributed by atoms with van der Waals surface area (Å²) < 4.78 is 13.3. The van der Waals surface area contributed by atoms with Gasteiger partial charge in [0.25, 0.3) is 11.3 Å². The van der Waals surface area contributed by atoms with Crippen molar-refractivity contribution in [3.05, 3.63) is 72.2 Å². The van der Waals surface area contributed by atoms with Crippen molar-refractivity contribution >= 4 is 27.7 Å². The predicted molar refractivity (Wildman–Crippen MR) is 100 cm³/mol. The number of carbonyl (C=O) groups is 1. The number of cyclic esters (lactones) is 1. The summed E-state index contributed by atoms with van der Waals surface area (Å²) in [6.07, 6.45) is 0. The molecule has 2 aliphatic heterocycles. The molecule has 2 N–H and O–H groups in total. The second-order valence-corrected chi connectivity index (χ2v) is 7.74. The average molecular weight is 434 g/mol. The normalized spacial score (nSPS) is 20.1. The number of ether oxygens (including phenoxy) is 2. The number of nitrogens with zero attached hydrogens (tertiary/aromatic N) is 1. The Morgan fingerprint density at radius 1 is 1.11 bits per heavy atom. The van der Waals surface area contributed by atoms with Crippen molar-refractivity contribution in [1.29, 1.82) is 0 Å². The molecule has 1 atom stereocenters. The van der Waals surface area contributed by atoms with Crippen LogP contribution >= 0.6 is 15.9 Å². The van der Waals surface area contributed by atoms with Crippen molar-refractivity contribution in [2.75, 3.05) is 5.32 Å². The summed E-state index contributed by atoms with van der Waals surface area (Å²) in [4.78, 5) is 39.8. The predicted octanol–water partition coefficient (Wildman–Crippen LogP) is 1.91. The lowest BCUT2D eigenvalue weighted by atomic mass is 9.83. The first kappa shape index (κ1) is 17.6. The fourth-order valence-electron chi connectivity index (χ4n) is 3.33. The second kappa shape index (κ2) is 5.85. The minimum atomic E-state index is -1.18. The van der Waals surface area contributed by atoms with E-state index in [2.05, 4.69) is 26.2 Å². The number of hydrogen-bond acceptors (Lipinski definition) is 6. The van der Waals surface area contributed by atoms with Gasteiger partial charge in [-0.1, -0.05) is 28.1 Å². The van der Waals surface area contributed by atoms with Crippen LogP contribution in [0.3, 0.4) is 0 Å². The van der Waals surface area contributed by atoms with Gasteiger partial charge in [-0.3, -0.25) is 14.3 Å². The monoisotopic (exact) mass is 433 g/mol. The highest BCUT2D eigenvalue weighted by Gasteiger charge is 2.45. The van der Waals surface area contributed by atoms with E-state index in [1.165, 1.54) is 11.6 Å². The van der Waals surface area contributed by atoms with Gasteiger partial charge in [0.2, 0.25) is 5.88 Å². The number of benzene rings is 1. The number of aromatic nitrogens is 2. The van der Waals surface area contributed by atoms with Crippen LogP contribution in [0.5, 0.6) is 0 Å². The maximum Gasteiger partial charge on any atom is 0.343 e. The Morgan fingerprint density at radius 3 is 2.44 bits per heavy atom. The number of esters is 1. The van der Waals surface area contributed by atoms with E-state index in [0.717, 1.165) is 4.47 Å². The largest absolute Gasteiger partial charge is 0.437 e. The van der Waals surface area contributed by atoms with E-state index in [1.807, 2.05) is 12.1 Å². The minimum Gasteiger partial charge on any atom is -0.437 e. The van der Waals surface area contributed by atoms with Crippen LogP contribution < -0.4 is 16.6 Å². The van der Waals surface area contributed by atoms with Crippen LogP contribution in [0.4, 0.5) is 5.82 Å². The lowest BCUT2D eigenvalue weighted by Gasteiger charge is -2.39. The zero-order valence-corrected chi connectivity index (χ0v) is 16.3. The Labute approximate surface area is 161 Å². The maximum absolute atomic E-state index is 12.8. The molecule has 0 fully saturated rings. The average Bonchev–Trinajstić information content (AvgIpc) is 2.57. The van der Waals surface area contributed by atoms with Crippen molar-refractivity contribution in [2.45, 2.75) is 25.6 Å². The van der Waals surface area contributed by atoms with E-state index >= 15 is 0 Å². The van der Waals surface area contributed by atoms with Gasteiger partial charge in [0.15, 0.2) is 0 Å². The van der Waals surface area contributed by atoms with E-state index in [4.69, 9.17) is 9.47 Å². The number of carbonyl (C=O) groups excluding carboxylic acids is 1. The van der Waals surface area contributed by atoms with Crippen molar-refractivity contribution < 1.29 is 14.3 Å². The lowest BCUT2D eigenvalue weighted by molar-refractivity contribution is -0.207. The van der Waals surface area contributed by atoms with E-state index in [-0.39, 0.29) is 22.8 Å². The quantitative estimate of drug-likeness (QED) is 0.665. The first-order valence-corrected chi connectivity index (χ1v) is 8.99. The summed E-state index contributed by atoms with van der Waals surface area (Å²) in [6, 6.07) is 7.22. The summed E-state index contributed by atoms with van der Waals surface area (Å²) in [5.74, 6) is -2.05. The molecular weight excluding hydrogens is 418 g/mol. The summed E-state index contributed by atoms with van der Waals surface area (Å²) in [6.45, 7) is 3.22. The first-order valence-electron chi connectivity index (χ1n) is 8.20. The molecule has 0 saturated heterocycles. The van der Waals surface area contributed by atoms with Gasteiger partial charge >= 0.3 is 11.7 Å². The Hall–Kier alpha value is -2.81. The van der Waals surface area contributed by atoms with Gasteiger partial charge in [0, 0.05) is 25.4 Å². The molecule has 27 heavy (non-hydrogen) atoms. The maximum atomic E-state index is 12.8. The highest BCUT2D eigenvalue weighted by Crippen LogP contribution is 2.43. The van der Waals surface area contributed by atoms with Crippen LogP contribution in [-0.2, 0) is 21.3 Å². The fourth-order valence-corrected chi connectivity index (χ4v) is 3.60. The smallest absolute Gasteiger partial charge is 0.343 e. The molecule has 140 valence electrons. The van der Waals surface area contributed by atoms with Gasteiger partial charge in [-0.15, -0.1) is 0 Å². The third-order valence-corrected chi connectivity index (χ3v) is 5.05. The molecule has 0 saturated carbocycles. The van der Waals surface area contributed by atoms with Gasteiger partial charge < -0.3 is 14.8 Å². The van der Waals surface area contributed by atoms with Gasteiger partial charge in [-0.25, -0.2) is 9.59 Å². The van der Waals surface area contributed by atoms with Crippen LogP contribution in [0.25, 0.3) is 0 Å². The topological polar surface area (TPSA) is 102 Å². The molecule has 0 spiro atoms. The number of nitrogens with one attached hydrogen (secondary N) is 2. The molecule has 1 unspecified atom stereocenters. The Kier molecular flexibility index (Phi) is 3.81. The molecule has 0 aliphatic carbocycles. The molecule has 8 nitrogen and oxygen atoms in total. The second-order valence-electron chi connectivity index (χ2n) is 6.82. The molecule has 2 aromatic rings. The zero-order valence-electron chi connectivity index (χ0n) is 14.8. The number of hydrogen-bond donors (Lipinski definition) is 2. The zero-order chi connectivity index (χ0) is 19.5. The molecule has 2 aliphatic rings. The van der Waals surface area contributed by atoms with Crippen LogP contribution in [-0.4, -0.2) is 21.3 Å². The highest BCUT2D eigenvalue weighted by atomic mass is 79.9. The third-order valence-electron chi connectivity index (χ3n) is 4.52. The van der Waals surface area contributed by atoms with Crippen LogP contribution in [0.15, 0.2) is 49.8 Å². The van der Waals surface area contributed by atoms with Crippen LogP contribution in [0, 0.1) is 0 Å². The minimum absolute atomic E-state index is 0.178. The Balaban J connectivity index is 2.04. The van der Waals surface area contributed by atoms with Gasteiger partial charge in [-0.2, -0.15) is 0 Å². The Bertz CT molecular complexity index is 1110. The van der Waals surface area contributed by atoms with E-state index in [9.17, 15) is 14.4 Å². The van der Waals surface area contributed by atoms with Crippen molar-refractivity contribution in [3.8, 4) is 0 Å². The fraction of sp³-hybridized carbons (Fsp3) is 0.278. The van der Waals surface area contributed by atoms with Crippen LogP contribution in [0.2, 0.25) is 0 Å². The molecule has 1 aromatic heterocycles. The van der Waals surface area contributed by atoms with Gasteiger partial charge in [0.05, 0.1) is 11.5 Å². The number of fused-ring (bicyclic) bond motifs is 1. The number of aromatic amines is 1. The van der Waals surface area contributed by atoms with E-state index in [0.29, 0.717) is 5.56 Å². The molecule has 0 amide bonds. The molecule has 3 heterocycles. The summed E-state index contributed by atoms with van der Waals surface area (Å²) in [7, 11) is 1.53. The van der Waals surface area contributed by atoms with Crippen LogP contribution in [0.1, 0.15) is 30.9 Å². The molecule has 9 heteroatoms. The Morgan fingerprint density at radius 2 is 1.78 bits per heavy atom. The SMILES string of the molecule is Cn1c2c(c(=O)[nH]c1=O)C(c1ccc(Br)cc1)C1=C(N2)OC(C)(C)OC1=O. The summed E-state index contributed by atoms with van der Waals surface area (Å²) >= 11 is 3.38. The van der Waals surface area contributed by atoms with Crippen molar-refractivity contribution in [2.24, 2.45) is 7.05 Å². The molecule has 4 rings (SSSR count). The van der Waals surface area contributed by atoms with Crippen molar-refractivity contribution in [1.82, 2.24) is 9.55 Å². The van der Waals surface area contributed by atoms with Gasteiger partial charge in [-0.05, 0) is 17.7 Å².